The van der Waals surface area contributed by atoms with Crippen LogP contribution < -0.4 is 5.32 Å². The van der Waals surface area contributed by atoms with Gasteiger partial charge in [-0.25, -0.2) is 4.79 Å². The van der Waals surface area contributed by atoms with Crippen molar-refractivity contribution in [3.05, 3.63) is 71.8 Å². The molecule has 0 atom stereocenters. The van der Waals surface area contributed by atoms with Gasteiger partial charge < -0.3 is 15.2 Å². The summed E-state index contributed by atoms with van der Waals surface area (Å²) < 4.78 is 5.01. The van der Waals surface area contributed by atoms with Crippen LogP contribution in [0.2, 0.25) is 0 Å². The standard InChI is InChI=1S/C20H17NO4/c1-13-5-4-8-16(9-13)21-19(23)12-25-20(24)17-10-14-6-2-3-7-15(14)11-18(17)22/h2-11,22H,12H2,1H3,(H,21,23). The summed E-state index contributed by atoms with van der Waals surface area (Å²) in [5.74, 6) is -1.37. The number of amides is 1. The van der Waals surface area contributed by atoms with Crippen molar-refractivity contribution in [1.29, 1.82) is 0 Å². The number of rotatable bonds is 4. The number of phenols is 1. The number of aryl methyl sites for hydroxylation is 1. The van der Waals surface area contributed by atoms with Gasteiger partial charge in [-0.05, 0) is 47.5 Å². The van der Waals surface area contributed by atoms with E-state index in [4.69, 9.17) is 4.74 Å². The van der Waals surface area contributed by atoms with Gasteiger partial charge in [0.05, 0.1) is 0 Å². The fourth-order valence-corrected chi connectivity index (χ4v) is 2.52. The quantitative estimate of drug-likeness (QED) is 0.714. The molecule has 0 aliphatic heterocycles. The Morgan fingerprint density at radius 2 is 1.72 bits per heavy atom. The third-order valence-corrected chi connectivity index (χ3v) is 3.72. The van der Waals surface area contributed by atoms with E-state index in [-0.39, 0.29) is 11.3 Å². The monoisotopic (exact) mass is 335 g/mol. The van der Waals surface area contributed by atoms with Crippen LogP contribution in [-0.2, 0) is 9.53 Å². The number of ether oxygens (including phenoxy) is 1. The van der Waals surface area contributed by atoms with Crippen LogP contribution in [0.5, 0.6) is 5.75 Å². The van der Waals surface area contributed by atoms with Gasteiger partial charge in [0.2, 0.25) is 0 Å². The number of hydrogen-bond acceptors (Lipinski definition) is 4. The summed E-state index contributed by atoms with van der Waals surface area (Å²) in [6.07, 6.45) is 0. The zero-order valence-corrected chi connectivity index (χ0v) is 13.7. The summed E-state index contributed by atoms with van der Waals surface area (Å²) in [7, 11) is 0. The molecular weight excluding hydrogens is 318 g/mol. The van der Waals surface area contributed by atoms with E-state index in [1.54, 1.807) is 12.1 Å². The highest BCUT2D eigenvalue weighted by molar-refractivity contribution is 6.00. The van der Waals surface area contributed by atoms with Gasteiger partial charge in [-0.1, -0.05) is 36.4 Å². The van der Waals surface area contributed by atoms with E-state index in [0.29, 0.717) is 5.69 Å². The fraction of sp³-hybridized carbons (Fsp3) is 0.100. The zero-order valence-electron chi connectivity index (χ0n) is 13.7. The Bertz CT molecular complexity index is 949. The number of hydrogen-bond donors (Lipinski definition) is 2. The van der Waals surface area contributed by atoms with Gasteiger partial charge in [0.1, 0.15) is 11.3 Å². The van der Waals surface area contributed by atoms with Crippen LogP contribution in [0.15, 0.2) is 60.7 Å². The molecule has 0 radical (unpaired) electrons. The molecule has 126 valence electrons. The molecule has 0 unspecified atom stereocenters. The number of carbonyl (C=O) groups excluding carboxylic acids is 2. The van der Waals surface area contributed by atoms with E-state index in [1.165, 1.54) is 6.07 Å². The van der Waals surface area contributed by atoms with E-state index in [0.717, 1.165) is 16.3 Å². The van der Waals surface area contributed by atoms with Gasteiger partial charge in [0.15, 0.2) is 6.61 Å². The molecule has 0 fully saturated rings. The summed E-state index contributed by atoms with van der Waals surface area (Å²) in [5, 5.41) is 14.3. The van der Waals surface area contributed by atoms with E-state index in [1.807, 2.05) is 49.4 Å². The number of phenolic OH excluding ortho intramolecular Hbond substituents is 1. The van der Waals surface area contributed by atoms with Gasteiger partial charge in [-0.3, -0.25) is 4.79 Å². The molecule has 0 aromatic heterocycles. The topological polar surface area (TPSA) is 75.6 Å². The minimum absolute atomic E-state index is 0.0297. The van der Waals surface area contributed by atoms with Crippen molar-refractivity contribution < 1.29 is 19.4 Å². The van der Waals surface area contributed by atoms with Crippen LogP contribution in [-0.4, -0.2) is 23.6 Å². The number of esters is 1. The molecule has 3 rings (SSSR count). The van der Waals surface area contributed by atoms with E-state index < -0.39 is 18.5 Å². The Morgan fingerprint density at radius 1 is 1.00 bits per heavy atom. The Balaban J connectivity index is 1.66. The van der Waals surface area contributed by atoms with Crippen molar-refractivity contribution in [1.82, 2.24) is 0 Å². The third-order valence-electron chi connectivity index (χ3n) is 3.72. The van der Waals surface area contributed by atoms with Crippen molar-refractivity contribution in [3.8, 4) is 5.75 Å². The molecule has 0 aliphatic carbocycles. The summed E-state index contributed by atoms with van der Waals surface area (Å²) in [4.78, 5) is 24.1. The number of nitrogens with one attached hydrogen (secondary N) is 1. The maximum absolute atomic E-state index is 12.2. The van der Waals surface area contributed by atoms with E-state index in [9.17, 15) is 14.7 Å². The maximum atomic E-state index is 12.2. The average molecular weight is 335 g/mol. The first kappa shape index (κ1) is 16.5. The molecule has 0 saturated heterocycles. The Kier molecular flexibility index (Phi) is 4.66. The molecule has 5 nitrogen and oxygen atoms in total. The van der Waals surface area contributed by atoms with Gasteiger partial charge in [-0.15, -0.1) is 0 Å². The normalized spacial score (nSPS) is 10.4. The highest BCUT2D eigenvalue weighted by Gasteiger charge is 2.15. The number of anilines is 1. The lowest BCUT2D eigenvalue weighted by atomic mass is 10.1. The highest BCUT2D eigenvalue weighted by Crippen LogP contribution is 2.25. The summed E-state index contributed by atoms with van der Waals surface area (Å²) >= 11 is 0. The van der Waals surface area contributed by atoms with Gasteiger partial charge in [0, 0.05) is 5.69 Å². The molecule has 25 heavy (non-hydrogen) atoms. The molecule has 5 heteroatoms. The van der Waals surface area contributed by atoms with Crippen LogP contribution in [0, 0.1) is 6.92 Å². The van der Waals surface area contributed by atoms with Crippen molar-refractivity contribution in [2.75, 3.05) is 11.9 Å². The molecule has 1 amide bonds. The fourth-order valence-electron chi connectivity index (χ4n) is 2.52. The molecule has 0 saturated carbocycles. The van der Waals surface area contributed by atoms with Crippen molar-refractivity contribution >= 4 is 28.3 Å². The number of carbonyl (C=O) groups is 2. The third kappa shape index (κ3) is 3.95. The number of benzene rings is 3. The Hall–Kier alpha value is -3.34. The largest absolute Gasteiger partial charge is 0.507 e. The van der Waals surface area contributed by atoms with Gasteiger partial charge >= 0.3 is 5.97 Å². The zero-order chi connectivity index (χ0) is 17.8. The SMILES string of the molecule is Cc1cccc(NC(=O)COC(=O)c2cc3ccccc3cc2O)c1. The first-order chi connectivity index (χ1) is 12.0. The predicted molar refractivity (Wildman–Crippen MR) is 95.7 cm³/mol. The lowest BCUT2D eigenvalue weighted by Crippen LogP contribution is -2.21. The molecule has 3 aromatic carbocycles. The minimum Gasteiger partial charge on any atom is -0.507 e. The molecule has 0 heterocycles. The van der Waals surface area contributed by atoms with Crippen molar-refractivity contribution in [3.63, 3.8) is 0 Å². The van der Waals surface area contributed by atoms with Crippen LogP contribution in [0.1, 0.15) is 15.9 Å². The van der Waals surface area contributed by atoms with Crippen molar-refractivity contribution in [2.24, 2.45) is 0 Å². The first-order valence-electron chi connectivity index (χ1n) is 7.78. The lowest BCUT2D eigenvalue weighted by Gasteiger charge is -2.09. The molecular formula is C20H17NO4. The second-order valence-electron chi connectivity index (χ2n) is 5.71. The lowest BCUT2D eigenvalue weighted by molar-refractivity contribution is -0.119. The molecule has 0 aliphatic rings. The highest BCUT2D eigenvalue weighted by atomic mass is 16.5. The smallest absolute Gasteiger partial charge is 0.342 e. The van der Waals surface area contributed by atoms with E-state index >= 15 is 0 Å². The van der Waals surface area contributed by atoms with Crippen LogP contribution in [0.4, 0.5) is 5.69 Å². The Labute approximate surface area is 144 Å². The maximum Gasteiger partial charge on any atom is 0.342 e. The van der Waals surface area contributed by atoms with Gasteiger partial charge in [-0.2, -0.15) is 0 Å². The first-order valence-corrected chi connectivity index (χ1v) is 7.78. The van der Waals surface area contributed by atoms with Crippen LogP contribution in [0.3, 0.4) is 0 Å². The molecule has 0 bridgehead atoms. The van der Waals surface area contributed by atoms with E-state index in [2.05, 4.69) is 5.32 Å². The molecule has 2 N–H and O–H groups in total. The predicted octanol–water partition coefficient (Wildman–Crippen LogP) is 3.65. The minimum atomic E-state index is -0.748. The number of fused-ring (bicyclic) bond motifs is 1. The molecule has 0 spiro atoms. The summed E-state index contributed by atoms with van der Waals surface area (Å²) in [5.41, 5.74) is 1.67. The van der Waals surface area contributed by atoms with Crippen LogP contribution >= 0.6 is 0 Å². The second-order valence-corrected chi connectivity index (χ2v) is 5.71. The average Bonchev–Trinajstić information content (AvgIpc) is 2.59. The Morgan fingerprint density at radius 3 is 2.44 bits per heavy atom. The van der Waals surface area contributed by atoms with Crippen LogP contribution in [0.25, 0.3) is 10.8 Å². The molecule has 3 aromatic rings. The summed E-state index contributed by atoms with van der Waals surface area (Å²) in [6, 6.07) is 17.7. The number of aromatic hydroxyl groups is 1. The van der Waals surface area contributed by atoms with Crippen molar-refractivity contribution in [2.45, 2.75) is 6.92 Å². The van der Waals surface area contributed by atoms with Gasteiger partial charge in [0.25, 0.3) is 5.91 Å². The summed E-state index contributed by atoms with van der Waals surface area (Å²) in [6.45, 7) is 1.48. The second kappa shape index (κ2) is 7.05.